The summed E-state index contributed by atoms with van der Waals surface area (Å²) in [6, 6.07) is 0. The van der Waals surface area contributed by atoms with Crippen LogP contribution in [0.25, 0.3) is 0 Å². The number of hydrazone groups is 1. The third-order valence-electron chi connectivity index (χ3n) is 3.83. The Kier molecular flexibility index (Phi) is 5.91. The fourth-order valence-corrected chi connectivity index (χ4v) is 3.31. The molecule has 2 rings (SSSR count). The molecule has 23 heavy (non-hydrogen) atoms. The lowest BCUT2D eigenvalue weighted by atomic mass is 9.96. The number of nitrogens with one attached hydrogen (secondary N) is 3. The van der Waals surface area contributed by atoms with Crippen LogP contribution in [0.1, 0.15) is 24.6 Å². The summed E-state index contributed by atoms with van der Waals surface area (Å²) in [5.74, 6) is 0.642. The van der Waals surface area contributed by atoms with Crippen LogP contribution >= 0.6 is 11.3 Å². The second-order valence-electron chi connectivity index (χ2n) is 5.31. The van der Waals surface area contributed by atoms with Crippen molar-refractivity contribution in [2.75, 3.05) is 30.9 Å². The first-order valence-corrected chi connectivity index (χ1v) is 8.29. The first-order chi connectivity index (χ1) is 11.0. The smallest absolute Gasteiger partial charge is 0.223 e. The highest BCUT2D eigenvalue weighted by Crippen LogP contribution is 2.27. The highest BCUT2D eigenvalue weighted by Gasteiger charge is 2.26. The molecule has 1 aromatic heterocycles. The molecule has 2 heterocycles. The lowest BCUT2D eigenvalue weighted by Crippen LogP contribution is -2.42. The summed E-state index contributed by atoms with van der Waals surface area (Å²) in [5, 5.41) is 10.3. The zero-order valence-electron chi connectivity index (χ0n) is 13.4. The molecule has 0 spiro atoms. The van der Waals surface area contributed by atoms with E-state index >= 15 is 0 Å². The minimum absolute atomic E-state index is 0.0186. The normalized spacial score (nSPS) is 15.1. The maximum absolute atomic E-state index is 12.3. The van der Waals surface area contributed by atoms with E-state index in [-0.39, 0.29) is 17.7 Å². The van der Waals surface area contributed by atoms with Crippen molar-refractivity contribution in [1.82, 2.24) is 15.2 Å². The molecule has 1 fully saturated rings. The summed E-state index contributed by atoms with van der Waals surface area (Å²) in [6.45, 7) is 6.63. The van der Waals surface area contributed by atoms with Crippen LogP contribution in [0.15, 0.2) is 5.10 Å². The first-order valence-electron chi connectivity index (χ1n) is 7.47. The topological polar surface area (TPSA) is 98.7 Å². The van der Waals surface area contributed by atoms with Gasteiger partial charge in [0.15, 0.2) is 10.9 Å². The summed E-state index contributed by atoms with van der Waals surface area (Å²) in [6.07, 6.45) is 1.41. The van der Waals surface area contributed by atoms with Gasteiger partial charge in [-0.15, -0.1) is 0 Å². The molecule has 0 aliphatic carbocycles. The molecule has 0 atom stereocenters. The molecule has 1 aromatic rings. The maximum atomic E-state index is 12.3. The Hall–Kier alpha value is -2.16. The van der Waals surface area contributed by atoms with Gasteiger partial charge in [0, 0.05) is 39.7 Å². The predicted molar refractivity (Wildman–Crippen MR) is 91.7 cm³/mol. The summed E-state index contributed by atoms with van der Waals surface area (Å²) in [4.78, 5) is 30.6. The number of carbonyl (C=O) groups excluding carboxylic acids is 2. The van der Waals surface area contributed by atoms with Gasteiger partial charge in [-0.05, 0) is 12.8 Å². The largest absolute Gasteiger partial charge is 0.365 e. The molecule has 0 bridgehead atoms. The first kappa shape index (κ1) is 17.2. The minimum Gasteiger partial charge on any atom is -0.365 e. The molecule has 8 nitrogen and oxygen atoms in total. The van der Waals surface area contributed by atoms with Crippen LogP contribution in [0.5, 0.6) is 0 Å². The van der Waals surface area contributed by atoms with E-state index in [4.69, 9.17) is 0 Å². The third kappa shape index (κ3) is 4.41. The van der Waals surface area contributed by atoms with Gasteiger partial charge < -0.3 is 15.5 Å². The molecule has 126 valence electrons. The lowest BCUT2D eigenvalue weighted by molar-refractivity contribution is -0.134. The maximum Gasteiger partial charge on any atom is 0.223 e. The standard InChI is InChI=1S/C14H22N6O2S/c1-9(21)20-6-4-10(5-7-20)13(22)17-8-11-12(19-16-3)18-14(15-2)23-11/h10,19H,3-8H2,1-2H3,(H,15,18)(H,17,22). The molecule has 1 aliphatic rings. The Bertz CT molecular complexity index is 580. The van der Waals surface area contributed by atoms with Gasteiger partial charge in [-0.3, -0.25) is 15.0 Å². The molecule has 0 aromatic carbocycles. The number of hydrogen-bond acceptors (Lipinski definition) is 7. The van der Waals surface area contributed by atoms with Crippen LogP contribution in [0.4, 0.5) is 10.9 Å². The summed E-state index contributed by atoms with van der Waals surface area (Å²) >= 11 is 1.45. The number of piperidine rings is 1. The van der Waals surface area contributed by atoms with Gasteiger partial charge in [0.05, 0.1) is 11.4 Å². The highest BCUT2D eigenvalue weighted by molar-refractivity contribution is 7.16. The second kappa shape index (κ2) is 7.91. The molecule has 1 aliphatic heterocycles. The second-order valence-corrected chi connectivity index (χ2v) is 6.39. The van der Waals surface area contributed by atoms with Crippen molar-refractivity contribution in [3.8, 4) is 0 Å². The number of likely N-dealkylation sites (tertiary alicyclic amines) is 1. The van der Waals surface area contributed by atoms with E-state index in [1.165, 1.54) is 11.3 Å². The van der Waals surface area contributed by atoms with Gasteiger partial charge in [-0.1, -0.05) is 11.3 Å². The van der Waals surface area contributed by atoms with Crippen molar-refractivity contribution in [3.63, 3.8) is 0 Å². The van der Waals surface area contributed by atoms with Crippen molar-refractivity contribution in [1.29, 1.82) is 0 Å². The summed E-state index contributed by atoms with van der Waals surface area (Å²) in [7, 11) is 1.79. The molecule has 3 N–H and O–H groups in total. The average Bonchev–Trinajstić information content (AvgIpc) is 2.95. The molecule has 1 saturated heterocycles. The Morgan fingerprint density at radius 1 is 1.43 bits per heavy atom. The van der Waals surface area contributed by atoms with Crippen LogP contribution in [0.3, 0.4) is 0 Å². The van der Waals surface area contributed by atoms with Gasteiger partial charge in [0.1, 0.15) is 0 Å². The minimum atomic E-state index is -0.0452. The Morgan fingerprint density at radius 3 is 2.70 bits per heavy atom. The fourth-order valence-electron chi connectivity index (χ4n) is 2.51. The van der Waals surface area contributed by atoms with Gasteiger partial charge in [-0.25, -0.2) is 4.98 Å². The van der Waals surface area contributed by atoms with E-state index in [1.807, 2.05) is 0 Å². The van der Waals surface area contributed by atoms with E-state index in [9.17, 15) is 9.59 Å². The van der Waals surface area contributed by atoms with Crippen LogP contribution < -0.4 is 16.1 Å². The van der Waals surface area contributed by atoms with Crippen molar-refractivity contribution in [2.24, 2.45) is 11.0 Å². The van der Waals surface area contributed by atoms with Crippen molar-refractivity contribution >= 4 is 40.8 Å². The zero-order valence-corrected chi connectivity index (χ0v) is 14.2. The van der Waals surface area contributed by atoms with Crippen LogP contribution in [-0.4, -0.2) is 48.6 Å². The molecule has 0 saturated carbocycles. The quantitative estimate of drug-likeness (QED) is 0.533. The Labute approximate surface area is 139 Å². The number of hydrogen-bond donors (Lipinski definition) is 3. The molecule has 9 heteroatoms. The molecule has 2 amide bonds. The summed E-state index contributed by atoms with van der Waals surface area (Å²) in [5.41, 5.74) is 2.73. The number of thiazole rings is 1. The van der Waals surface area contributed by atoms with Crippen LogP contribution in [-0.2, 0) is 16.1 Å². The van der Waals surface area contributed by atoms with E-state index in [1.54, 1.807) is 18.9 Å². The number of amides is 2. The number of carbonyl (C=O) groups is 2. The summed E-state index contributed by atoms with van der Waals surface area (Å²) < 4.78 is 0. The number of anilines is 2. The third-order valence-corrected chi connectivity index (χ3v) is 4.90. The predicted octanol–water partition coefficient (Wildman–Crippen LogP) is 1.09. The number of nitrogens with zero attached hydrogens (tertiary/aromatic N) is 3. The van der Waals surface area contributed by atoms with Crippen molar-refractivity contribution in [3.05, 3.63) is 4.88 Å². The van der Waals surface area contributed by atoms with Crippen molar-refractivity contribution in [2.45, 2.75) is 26.3 Å². The van der Waals surface area contributed by atoms with Gasteiger partial charge in [0.2, 0.25) is 11.8 Å². The SMILES string of the molecule is C=NNc1nc(NC)sc1CNC(=O)C1CCN(C(C)=O)CC1. The molecule has 0 radical (unpaired) electrons. The van der Waals surface area contributed by atoms with E-state index in [2.05, 4.69) is 32.9 Å². The molecular formula is C14H22N6O2S. The zero-order chi connectivity index (χ0) is 16.8. The van der Waals surface area contributed by atoms with Crippen molar-refractivity contribution < 1.29 is 9.59 Å². The van der Waals surface area contributed by atoms with Gasteiger partial charge in [-0.2, -0.15) is 5.10 Å². The van der Waals surface area contributed by atoms with Gasteiger partial charge in [0.25, 0.3) is 0 Å². The van der Waals surface area contributed by atoms with E-state index < -0.39 is 0 Å². The Morgan fingerprint density at radius 2 is 2.13 bits per heavy atom. The fraction of sp³-hybridized carbons (Fsp3) is 0.571. The van der Waals surface area contributed by atoms with Gasteiger partial charge >= 0.3 is 0 Å². The van der Waals surface area contributed by atoms with Crippen LogP contribution in [0.2, 0.25) is 0 Å². The van der Waals surface area contributed by atoms with Crippen LogP contribution in [0, 0.1) is 5.92 Å². The van der Waals surface area contributed by atoms with E-state index in [0.717, 1.165) is 10.0 Å². The number of aromatic nitrogens is 1. The number of rotatable bonds is 6. The molecule has 0 unspecified atom stereocenters. The lowest BCUT2D eigenvalue weighted by Gasteiger charge is -2.30. The highest BCUT2D eigenvalue weighted by atomic mass is 32.1. The Balaban J connectivity index is 1.88. The average molecular weight is 338 g/mol. The monoisotopic (exact) mass is 338 g/mol. The van der Waals surface area contributed by atoms with E-state index in [0.29, 0.717) is 38.3 Å². The molecular weight excluding hydrogens is 316 g/mol.